The molecule has 0 heterocycles. The van der Waals surface area contributed by atoms with Gasteiger partial charge in [-0.25, -0.2) is 0 Å². The van der Waals surface area contributed by atoms with Crippen molar-refractivity contribution < 1.29 is 5.48 Å². The molecule has 1 aromatic rings. The third-order valence-electron chi connectivity index (χ3n) is 4.11. The van der Waals surface area contributed by atoms with Crippen molar-refractivity contribution in [2.45, 2.75) is 58.3 Å². The summed E-state index contributed by atoms with van der Waals surface area (Å²) in [6, 6.07) is 0.543. The molecule has 0 aromatic heterocycles. The van der Waals surface area contributed by atoms with Gasteiger partial charge in [-0.3, -0.25) is 0 Å². The molecule has 0 N–H and O–H groups in total. The first kappa shape index (κ1) is 9.79. The summed E-state index contributed by atoms with van der Waals surface area (Å²) in [7, 11) is 0. The van der Waals surface area contributed by atoms with Crippen molar-refractivity contribution in [1.29, 1.82) is 0 Å². The molecule has 1 aliphatic rings. The highest BCUT2D eigenvalue weighted by molar-refractivity contribution is 14.1. The van der Waals surface area contributed by atoms with E-state index in [1.54, 1.807) is 0 Å². The second-order valence-corrected chi connectivity index (χ2v) is 6.59. The zero-order valence-corrected chi connectivity index (χ0v) is 13.3. The molecular formula is C17H25I. The average molecular weight is 360 g/mol. The molecule has 100 valence electrons. The lowest BCUT2D eigenvalue weighted by Crippen LogP contribution is -2.15. The Morgan fingerprint density at radius 3 is 2.17 bits per heavy atom. The molecule has 1 aliphatic carbocycles. The van der Waals surface area contributed by atoms with E-state index in [4.69, 9.17) is 5.48 Å². The van der Waals surface area contributed by atoms with Crippen LogP contribution in [-0.4, -0.2) is 0 Å². The van der Waals surface area contributed by atoms with Gasteiger partial charge in [-0.05, 0) is 64.9 Å². The Morgan fingerprint density at radius 2 is 1.61 bits per heavy atom. The molecule has 1 heteroatoms. The molecule has 1 saturated carbocycles. The lowest BCUT2D eigenvalue weighted by atomic mass is 9.78. The minimum absolute atomic E-state index is 0.114. The number of hydrogen-bond acceptors (Lipinski definition) is 0. The van der Waals surface area contributed by atoms with Crippen LogP contribution >= 0.6 is 22.6 Å². The van der Waals surface area contributed by atoms with Gasteiger partial charge < -0.3 is 0 Å². The van der Waals surface area contributed by atoms with Crippen LogP contribution in [0.3, 0.4) is 0 Å². The van der Waals surface area contributed by atoms with Gasteiger partial charge in [-0.2, -0.15) is 0 Å². The van der Waals surface area contributed by atoms with E-state index in [1.165, 1.54) is 38.5 Å². The number of hydrogen-bond donors (Lipinski definition) is 0. The van der Waals surface area contributed by atoms with Crippen LogP contribution in [0.4, 0.5) is 0 Å². The summed E-state index contributed by atoms with van der Waals surface area (Å²) in [5.74, 6) is 1.59. The van der Waals surface area contributed by atoms with E-state index in [9.17, 15) is 0 Å². The van der Waals surface area contributed by atoms with Crippen molar-refractivity contribution >= 4 is 22.6 Å². The van der Waals surface area contributed by atoms with E-state index < -0.39 is 0 Å². The van der Waals surface area contributed by atoms with E-state index in [0.29, 0.717) is 21.5 Å². The molecule has 0 bridgehead atoms. The summed E-state index contributed by atoms with van der Waals surface area (Å²) >= 11 is 1.90. The van der Waals surface area contributed by atoms with Crippen LogP contribution in [0.25, 0.3) is 0 Å². The fraction of sp³-hybridized carbons (Fsp3) is 0.647. The van der Waals surface area contributed by atoms with Crippen molar-refractivity contribution in [3.05, 3.63) is 33.3 Å². The predicted octanol–water partition coefficient (Wildman–Crippen LogP) is 5.83. The zero-order valence-electron chi connectivity index (χ0n) is 15.2. The van der Waals surface area contributed by atoms with Crippen molar-refractivity contribution in [3.63, 3.8) is 0 Å². The SMILES string of the molecule is [2H]c1c([2H])c(CCC2CCC(CCC)CC2)c([2H])c([2H])c1I. The van der Waals surface area contributed by atoms with Gasteiger partial charge in [0, 0.05) is 3.57 Å². The Kier molecular flexibility index (Phi) is 4.09. The second kappa shape index (κ2) is 7.52. The summed E-state index contributed by atoms with van der Waals surface area (Å²) < 4.78 is 32.4. The normalized spacial score (nSPS) is 27.2. The largest absolute Gasteiger partial charge is 0.0654 e. The Labute approximate surface area is 131 Å². The van der Waals surface area contributed by atoms with Crippen LogP contribution in [-0.2, 0) is 6.42 Å². The minimum Gasteiger partial charge on any atom is -0.0654 e. The van der Waals surface area contributed by atoms with Gasteiger partial charge in [0.25, 0.3) is 0 Å². The summed E-state index contributed by atoms with van der Waals surface area (Å²) in [5.41, 5.74) is 0.603. The molecule has 0 spiro atoms. The zero-order chi connectivity index (χ0) is 16.3. The molecule has 1 aromatic carbocycles. The van der Waals surface area contributed by atoms with Crippen molar-refractivity contribution in [2.24, 2.45) is 11.8 Å². The van der Waals surface area contributed by atoms with Crippen LogP contribution in [0.1, 0.15) is 62.9 Å². The van der Waals surface area contributed by atoms with Gasteiger partial charge in [0.05, 0.1) is 5.48 Å². The third-order valence-corrected chi connectivity index (χ3v) is 4.65. The lowest BCUT2D eigenvalue weighted by molar-refractivity contribution is 0.252. The number of rotatable bonds is 5. The maximum Gasteiger partial charge on any atom is 0.0634 e. The van der Waals surface area contributed by atoms with Crippen LogP contribution in [0, 0.1) is 15.4 Å². The van der Waals surface area contributed by atoms with E-state index in [-0.39, 0.29) is 24.2 Å². The summed E-state index contributed by atoms with van der Waals surface area (Å²) in [6.07, 6.45) is 9.46. The van der Waals surface area contributed by atoms with E-state index in [1.807, 2.05) is 22.6 Å². The smallest absolute Gasteiger partial charge is 0.0634 e. The Morgan fingerprint density at radius 1 is 1.06 bits per heavy atom. The second-order valence-electron chi connectivity index (χ2n) is 5.51. The van der Waals surface area contributed by atoms with Gasteiger partial charge in [0.15, 0.2) is 0 Å². The topological polar surface area (TPSA) is 0 Å². The van der Waals surface area contributed by atoms with E-state index in [0.717, 1.165) is 12.3 Å². The third kappa shape index (κ3) is 4.56. The number of benzene rings is 1. The summed E-state index contributed by atoms with van der Waals surface area (Å²) in [4.78, 5) is 0. The molecule has 0 nitrogen and oxygen atoms in total. The van der Waals surface area contributed by atoms with Gasteiger partial charge in [0.1, 0.15) is 0 Å². The maximum atomic E-state index is 8.08. The first-order valence-electron chi connectivity index (χ1n) is 9.20. The highest BCUT2D eigenvalue weighted by atomic mass is 127. The Bertz CT molecular complexity index is 493. The van der Waals surface area contributed by atoms with Crippen molar-refractivity contribution in [1.82, 2.24) is 0 Å². The fourth-order valence-corrected chi connectivity index (χ4v) is 3.28. The highest BCUT2D eigenvalue weighted by Crippen LogP contribution is 2.33. The average Bonchev–Trinajstić information content (AvgIpc) is 2.53. The standard InChI is InChI=1S/C17H25I/c1-2-3-14-4-6-15(7-5-14)8-9-16-10-12-17(18)13-11-16/h10-15H,2-9H2,1H3/i10D,11D,12D,13D. The first-order valence-corrected chi connectivity index (χ1v) is 8.28. The lowest BCUT2D eigenvalue weighted by Gasteiger charge is -2.28. The van der Waals surface area contributed by atoms with Crippen molar-refractivity contribution in [2.75, 3.05) is 0 Å². The van der Waals surface area contributed by atoms with Gasteiger partial charge >= 0.3 is 0 Å². The van der Waals surface area contributed by atoms with Gasteiger partial charge in [-0.15, -0.1) is 0 Å². The van der Waals surface area contributed by atoms with Gasteiger partial charge in [-0.1, -0.05) is 57.5 Å². The van der Waals surface area contributed by atoms with Crippen LogP contribution < -0.4 is 0 Å². The molecule has 0 unspecified atom stereocenters. The molecule has 18 heavy (non-hydrogen) atoms. The van der Waals surface area contributed by atoms with Crippen LogP contribution in [0.15, 0.2) is 24.2 Å². The van der Waals surface area contributed by atoms with Gasteiger partial charge in [0.2, 0.25) is 0 Å². The number of halogens is 1. The van der Waals surface area contributed by atoms with Crippen LogP contribution in [0.5, 0.6) is 0 Å². The molecule has 0 saturated heterocycles. The van der Waals surface area contributed by atoms with E-state index in [2.05, 4.69) is 6.92 Å². The molecule has 0 atom stereocenters. The minimum atomic E-state index is 0.114. The fourth-order valence-electron chi connectivity index (χ4n) is 3.01. The van der Waals surface area contributed by atoms with Crippen LogP contribution in [0.2, 0.25) is 0 Å². The molecular weight excluding hydrogens is 331 g/mol. The molecule has 2 rings (SSSR count). The van der Waals surface area contributed by atoms with Crippen molar-refractivity contribution in [3.8, 4) is 0 Å². The molecule has 0 aliphatic heterocycles. The molecule has 1 fully saturated rings. The highest BCUT2D eigenvalue weighted by Gasteiger charge is 2.20. The predicted molar refractivity (Wildman–Crippen MR) is 87.8 cm³/mol. The Balaban J connectivity index is 1.98. The monoisotopic (exact) mass is 360 g/mol. The molecule has 0 amide bonds. The molecule has 0 radical (unpaired) electrons. The van der Waals surface area contributed by atoms with E-state index >= 15 is 0 Å². The quantitative estimate of drug-likeness (QED) is 0.580. The first-order chi connectivity index (χ1) is 10.5. The Hall–Kier alpha value is -0.0500. The maximum absolute atomic E-state index is 8.08. The summed E-state index contributed by atoms with van der Waals surface area (Å²) in [5, 5.41) is 0. The summed E-state index contributed by atoms with van der Waals surface area (Å²) in [6.45, 7) is 2.26.